The van der Waals surface area contributed by atoms with Crippen molar-refractivity contribution >= 4 is 28.3 Å². The normalized spacial score (nSPS) is 11.4. The van der Waals surface area contributed by atoms with Gasteiger partial charge in [0.05, 0.1) is 11.0 Å². The van der Waals surface area contributed by atoms with Crippen molar-refractivity contribution in [3.05, 3.63) is 53.3 Å². The lowest BCUT2D eigenvalue weighted by Crippen LogP contribution is -2.02. The van der Waals surface area contributed by atoms with E-state index in [1.54, 1.807) is 0 Å². The zero-order valence-electron chi connectivity index (χ0n) is 11.5. The number of nitrogen functional groups attached to an aromatic ring is 1. The zero-order chi connectivity index (χ0) is 14.3. The predicted molar refractivity (Wildman–Crippen MR) is 84.6 cm³/mol. The second kappa shape index (κ2) is 4.84. The Bertz CT molecular complexity index is 774. The van der Waals surface area contributed by atoms with Crippen LogP contribution in [0, 0.1) is 0 Å². The van der Waals surface area contributed by atoms with Crippen molar-refractivity contribution in [2.24, 2.45) is 0 Å². The standard InChI is InChI=1S/C16H16ClN3/c1-10(2)16-19-14-9-12(18)6-7-15(14)20(16)13-5-3-4-11(17)8-13/h3-10H,18H2,1-2H3. The molecule has 0 bridgehead atoms. The van der Waals surface area contributed by atoms with E-state index in [2.05, 4.69) is 18.4 Å². The summed E-state index contributed by atoms with van der Waals surface area (Å²) >= 11 is 6.12. The van der Waals surface area contributed by atoms with E-state index in [0.29, 0.717) is 5.92 Å². The van der Waals surface area contributed by atoms with Crippen molar-refractivity contribution < 1.29 is 0 Å². The lowest BCUT2D eigenvalue weighted by molar-refractivity contribution is 0.760. The Morgan fingerprint density at radius 1 is 1.15 bits per heavy atom. The van der Waals surface area contributed by atoms with Gasteiger partial charge in [0.15, 0.2) is 0 Å². The van der Waals surface area contributed by atoms with Gasteiger partial charge in [-0.3, -0.25) is 4.57 Å². The van der Waals surface area contributed by atoms with E-state index in [4.69, 9.17) is 22.3 Å². The Kier molecular flexibility index (Phi) is 3.14. The molecule has 4 heteroatoms. The first-order valence-corrected chi connectivity index (χ1v) is 6.98. The number of imidazole rings is 1. The van der Waals surface area contributed by atoms with Crippen LogP contribution in [0.4, 0.5) is 5.69 Å². The van der Waals surface area contributed by atoms with Gasteiger partial charge in [0, 0.05) is 22.3 Å². The summed E-state index contributed by atoms with van der Waals surface area (Å²) in [6, 6.07) is 13.6. The number of nitrogens with zero attached hydrogens (tertiary/aromatic N) is 2. The highest BCUT2D eigenvalue weighted by Crippen LogP contribution is 2.28. The fraction of sp³-hybridized carbons (Fsp3) is 0.188. The number of hydrogen-bond acceptors (Lipinski definition) is 2. The van der Waals surface area contributed by atoms with Crippen molar-refractivity contribution in [1.29, 1.82) is 0 Å². The summed E-state index contributed by atoms with van der Waals surface area (Å²) in [6.45, 7) is 4.26. The van der Waals surface area contributed by atoms with Gasteiger partial charge in [0.1, 0.15) is 5.82 Å². The average Bonchev–Trinajstić information content (AvgIpc) is 2.77. The van der Waals surface area contributed by atoms with E-state index in [1.807, 2.05) is 42.5 Å². The van der Waals surface area contributed by atoms with Gasteiger partial charge < -0.3 is 5.73 Å². The molecule has 20 heavy (non-hydrogen) atoms. The van der Waals surface area contributed by atoms with Crippen molar-refractivity contribution in [1.82, 2.24) is 9.55 Å². The molecule has 0 fully saturated rings. The molecule has 0 amide bonds. The summed E-state index contributed by atoms with van der Waals surface area (Å²) in [5.41, 5.74) is 9.56. The number of hydrogen-bond donors (Lipinski definition) is 1. The summed E-state index contributed by atoms with van der Waals surface area (Å²) in [7, 11) is 0. The van der Waals surface area contributed by atoms with E-state index in [-0.39, 0.29) is 0 Å². The maximum atomic E-state index is 6.12. The van der Waals surface area contributed by atoms with Crippen LogP contribution in [-0.2, 0) is 0 Å². The van der Waals surface area contributed by atoms with Crippen molar-refractivity contribution in [2.75, 3.05) is 5.73 Å². The van der Waals surface area contributed by atoms with Crippen molar-refractivity contribution in [2.45, 2.75) is 19.8 Å². The summed E-state index contributed by atoms with van der Waals surface area (Å²) < 4.78 is 2.14. The van der Waals surface area contributed by atoms with Crippen LogP contribution in [0.15, 0.2) is 42.5 Å². The van der Waals surface area contributed by atoms with E-state index >= 15 is 0 Å². The third-order valence-corrected chi connectivity index (χ3v) is 3.52. The van der Waals surface area contributed by atoms with Crippen LogP contribution in [0.2, 0.25) is 5.02 Å². The first kappa shape index (κ1) is 13.0. The molecular formula is C16H16ClN3. The molecule has 0 aliphatic heterocycles. The lowest BCUT2D eigenvalue weighted by atomic mass is 10.2. The van der Waals surface area contributed by atoms with Gasteiger partial charge >= 0.3 is 0 Å². The van der Waals surface area contributed by atoms with Crippen LogP contribution in [0.25, 0.3) is 16.7 Å². The molecule has 2 N–H and O–H groups in total. The Balaban J connectivity index is 2.34. The summed E-state index contributed by atoms with van der Waals surface area (Å²) in [5, 5.41) is 0.717. The van der Waals surface area contributed by atoms with Gasteiger partial charge in [-0.25, -0.2) is 4.98 Å². The second-order valence-corrected chi connectivity index (χ2v) is 5.62. The monoisotopic (exact) mass is 285 g/mol. The third kappa shape index (κ3) is 2.14. The Hall–Kier alpha value is -2.00. The molecule has 2 aromatic carbocycles. The number of anilines is 1. The molecule has 1 heterocycles. The van der Waals surface area contributed by atoms with E-state index in [9.17, 15) is 0 Å². The summed E-state index contributed by atoms with van der Waals surface area (Å²) in [5.74, 6) is 1.32. The average molecular weight is 286 g/mol. The van der Waals surface area contributed by atoms with Crippen molar-refractivity contribution in [3.8, 4) is 5.69 Å². The Morgan fingerprint density at radius 3 is 2.65 bits per heavy atom. The molecule has 3 rings (SSSR count). The molecule has 102 valence electrons. The van der Waals surface area contributed by atoms with Gasteiger partial charge in [-0.05, 0) is 36.4 Å². The van der Waals surface area contributed by atoms with E-state index < -0.39 is 0 Å². The number of rotatable bonds is 2. The maximum Gasteiger partial charge on any atom is 0.117 e. The highest BCUT2D eigenvalue weighted by molar-refractivity contribution is 6.30. The molecule has 0 aliphatic rings. The maximum absolute atomic E-state index is 6.12. The molecule has 1 aromatic heterocycles. The number of aromatic nitrogens is 2. The molecule has 0 saturated heterocycles. The number of benzene rings is 2. The minimum atomic E-state index is 0.308. The molecule has 0 aliphatic carbocycles. The molecule has 0 spiro atoms. The molecule has 0 radical (unpaired) electrons. The first-order valence-electron chi connectivity index (χ1n) is 6.60. The Labute approximate surface area is 123 Å². The molecule has 3 nitrogen and oxygen atoms in total. The van der Waals surface area contributed by atoms with Gasteiger partial charge in [-0.1, -0.05) is 31.5 Å². The number of nitrogens with two attached hydrogens (primary N) is 1. The minimum absolute atomic E-state index is 0.308. The third-order valence-electron chi connectivity index (χ3n) is 3.29. The first-order chi connectivity index (χ1) is 9.56. The zero-order valence-corrected chi connectivity index (χ0v) is 12.2. The van der Waals surface area contributed by atoms with Crippen LogP contribution < -0.4 is 5.73 Å². The quantitative estimate of drug-likeness (QED) is 0.710. The van der Waals surface area contributed by atoms with Gasteiger partial charge in [0.25, 0.3) is 0 Å². The molecule has 0 saturated carbocycles. The van der Waals surface area contributed by atoms with Crippen LogP contribution in [0.1, 0.15) is 25.6 Å². The predicted octanol–water partition coefficient (Wildman–Crippen LogP) is 4.38. The van der Waals surface area contributed by atoms with Crippen LogP contribution >= 0.6 is 11.6 Å². The highest BCUT2D eigenvalue weighted by Gasteiger charge is 2.15. The largest absolute Gasteiger partial charge is 0.399 e. The van der Waals surface area contributed by atoms with Gasteiger partial charge in [0.2, 0.25) is 0 Å². The fourth-order valence-corrected chi connectivity index (χ4v) is 2.57. The topological polar surface area (TPSA) is 43.8 Å². The van der Waals surface area contributed by atoms with Crippen LogP contribution in [0.5, 0.6) is 0 Å². The smallest absolute Gasteiger partial charge is 0.117 e. The number of fused-ring (bicyclic) bond motifs is 1. The molecule has 0 atom stereocenters. The van der Waals surface area contributed by atoms with E-state index in [0.717, 1.165) is 33.3 Å². The highest BCUT2D eigenvalue weighted by atomic mass is 35.5. The lowest BCUT2D eigenvalue weighted by Gasteiger charge is -2.11. The van der Waals surface area contributed by atoms with Crippen LogP contribution in [0.3, 0.4) is 0 Å². The SMILES string of the molecule is CC(C)c1nc2cc(N)ccc2n1-c1cccc(Cl)c1. The fourth-order valence-electron chi connectivity index (χ4n) is 2.39. The summed E-state index contributed by atoms with van der Waals surface area (Å²) in [6.07, 6.45) is 0. The second-order valence-electron chi connectivity index (χ2n) is 5.19. The van der Waals surface area contributed by atoms with Gasteiger partial charge in [-0.2, -0.15) is 0 Å². The molecule has 0 unspecified atom stereocenters. The number of halogens is 1. The van der Waals surface area contributed by atoms with Crippen molar-refractivity contribution in [3.63, 3.8) is 0 Å². The van der Waals surface area contributed by atoms with Crippen LogP contribution in [-0.4, -0.2) is 9.55 Å². The van der Waals surface area contributed by atoms with Gasteiger partial charge in [-0.15, -0.1) is 0 Å². The molecule has 3 aromatic rings. The van der Waals surface area contributed by atoms with E-state index in [1.165, 1.54) is 0 Å². The summed E-state index contributed by atoms with van der Waals surface area (Å²) in [4.78, 5) is 4.72. The minimum Gasteiger partial charge on any atom is -0.399 e. The Morgan fingerprint density at radius 2 is 1.95 bits per heavy atom. The molecular weight excluding hydrogens is 270 g/mol.